The van der Waals surface area contributed by atoms with Crippen LogP contribution in [0.2, 0.25) is 0 Å². The van der Waals surface area contributed by atoms with E-state index in [-0.39, 0.29) is 18.2 Å². The molecule has 1 unspecified atom stereocenters. The van der Waals surface area contributed by atoms with Gasteiger partial charge in [0.2, 0.25) is 5.76 Å². The Kier molecular flexibility index (Phi) is 2.78. The van der Waals surface area contributed by atoms with E-state index in [1.54, 1.807) is 31.2 Å². The second-order valence-electron chi connectivity index (χ2n) is 4.70. The minimum atomic E-state index is -0.943. The van der Waals surface area contributed by atoms with Crippen molar-refractivity contribution in [2.45, 2.75) is 12.8 Å². The minimum absolute atomic E-state index is 0.105. The van der Waals surface area contributed by atoms with E-state index in [0.29, 0.717) is 16.8 Å². The number of nitrogens with zero attached hydrogens (tertiary/aromatic N) is 2. The van der Waals surface area contributed by atoms with Crippen LogP contribution >= 0.6 is 0 Å². The molecular formula is C14H12N2O4. The normalized spacial score (nSPS) is 17.1. The highest BCUT2D eigenvalue weighted by molar-refractivity contribution is 6.07. The zero-order valence-corrected chi connectivity index (χ0v) is 10.7. The molecule has 6 nitrogen and oxygen atoms in total. The van der Waals surface area contributed by atoms with E-state index < -0.39 is 11.9 Å². The molecule has 1 amide bonds. The summed E-state index contributed by atoms with van der Waals surface area (Å²) in [6.45, 7) is 1.83. The largest absolute Gasteiger partial charge is 0.481 e. The van der Waals surface area contributed by atoms with Crippen molar-refractivity contribution in [1.29, 1.82) is 0 Å². The third-order valence-corrected chi connectivity index (χ3v) is 3.45. The number of rotatable bonds is 2. The molecule has 2 heterocycles. The second kappa shape index (κ2) is 4.48. The zero-order chi connectivity index (χ0) is 14.3. The van der Waals surface area contributed by atoms with E-state index in [9.17, 15) is 14.7 Å². The number of hydrogen-bond donors (Lipinski definition) is 1. The first kappa shape index (κ1) is 12.4. The molecule has 0 saturated carbocycles. The van der Waals surface area contributed by atoms with Crippen LogP contribution in [0.4, 0.5) is 5.69 Å². The fourth-order valence-corrected chi connectivity index (χ4v) is 2.43. The molecule has 3 rings (SSSR count). The van der Waals surface area contributed by atoms with Crippen molar-refractivity contribution in [3.05, 3.63) is 47.3 Å². The molecule has 0 radical (unpaired) electrons. The summed E-state index contributed by atoms with van der Waals surface area (Å²) >= 11 is 0. The van der Waals surface area contributed by atoms with E-state index in [4.69, 9.17) is 4.52 Å². The van der Waals surface area contributed by atoms with E-state index in [1.165, 1.54) is 11.1 Å². The van der Waals surface area contributed by atoms with Crippen LogP contribution < -0.4 is 4.90 Å². The molecule has 1 aliphatic rings. The quantitative estimate of drug-likeness (QED) is 0.901. The Bertz CT molecular complexity index is 692. The van der Waals surface area contributed by atoms with Crippen molar-refractivity contribution in [3.63, 3.8) is 0 Å². The van der Waals surface area contributed by atoms with Gasteiger partial charge in [0.1, 0.15) is 5.92 Å². The lowest BCUT2D eigenvalue weighted by Gasteiger charge is -2.15. The molecule has 1 N–H and O–H groups in total. The van der Waals surface area contributed by atoms with Crippen LogP contribution in [0.3, 0.4) is 0 Å². The maximum atomic E-state index is 12.5. The van der Waals surface area contributed by atoms with Crippen LogP contribution in [-0.4, -0.2) is 28.7 Å². The van der Waals surface area contributed by atoms with Gasteiger partial charge in [0, 0.05) is 17.8 Å². The first-order chi connectivity index (χ1) is 9.59. The molecule has 0 saturated heterocycles. The Labute approximate surface area is 114 Å². The number of amides is 1. The highest BCUT2D eigenvalue weighted by Crippen LogP contribution is 2.37. The van der Waals surface area contributed by atoms with Gasteiger partial charge in [0.15, 0.2) is 0 Å². The van der Waals surface area contributed by atoms with E-state index in [1.807, 2.05) is 0 Å². The molecule has 1 aliphatic heterocycles. The van der Waals surface area contributed by atoms with Gasteiger partial charge < -0.3 is 14.5 Å². The number of hydrogen-bond acceptors (Lipinski definition) is 4. The highest BCUT2D eigenvalue weighted by atomic mass is 16.5. The first-order valence-corrected chi connectivity index (χ1v) is 6.14. The van der Waals surface area contributed by atoms with E-state index in [0.717, 1.165) is 0 Å². The number of fused-ring (bicyclic) bond motifs is 1. The predicted molar refractivity (Wildman–Crippen MR) is 69.7 cm³/mol. The fraction of sp³-hybridized carbons (Fsp3) is 0.214. The van der Waals surface area contributed by atoms with Crippen molar-refractivity contribution >= 4 is 17.6 Å². The molecule has 0 bridgehead atoms. The number of aromatic nitrogens is 1. The number of carboxylic acids is 1. The molecule has 102 valence electrons. The monoisotopic (exact) mass is 272 g/mol. The summed E-state index contributed by atoms with van der Waals surface area (Å²) in [4.78, 5) is 25.2. The second-order valence-corrected chi connectivity index (χ2v) is 4.70. The van der Waals surface area contributed by atoms with Crippen LogP contribution in [-0.2, 0) is 4.79 Å². The molecule has 0 spiro atoms. The Morgan fingerprint density at radius 2 is 2.15 bits per heavy atom. The third-order valence-electron chi connectivity index (χ3n) is 3.45. The van der Waals surface area contributed by atoms with Gasteiger partial charge >= 0.3 is 5.97 Å². The topological polar surface area (TPSA) is 83.6 Å². The lowest BCUT2D eigenvalue weighted by atomic mass is 10.0. The van der Waals surface area contributed by atoms with Gasteiger partial charge in [-0.25, -0.2) is 0 Å². The number of carbonyl (C=O) groups excluding carboxylic acids is 1. The Morgan fingerprint density at radius 3 is 2.80 bits per heavy atom. The number of aryl methyl sites for hydroxylation is 1. The fourth-order valence-electron chi connectivity index (χ4n) is 2.43. The number of anilines is 1. The third kappa shape index (κ3) is 1.77. The average Bonchev–Trinajstić information content (AvgIpc) is 3.01. The molecule has 20 heavy (non-hydrogen) atoms. The van der Waals surface area contributed by atoms with Gasteiger partial charge in [-0.2, -0.15) is 0 Å². The summed E-state index contributed by atoms with van der Waals surface area (Å²) < 4.78 is 4.96. The van der Waals surface area contributed by atoms with Crippen LogP contribution in [0, 0.1) is 6.92 Å². The Hall–Kier alpha value is -2.63. The number of carboxylic acid groups (broad SMARTS) is 1. The molecular weight excluding hydrogens is 260 g/mol. The van der Waals surface area contributed by atoms with Crippen LogP contribution in [0.1, 0.15) is 27.6 Å². The lowest BCUT2D eigenvalue weighted by Crippen LogP contribution is -2.31. The lowest BCUT2D eigenvalue weighted by molar-refractivity contribution is -0.138. The highest BCUT2D eigenvalue weighted by Gasteiger charge is 2.38. The average molecular weight is 272 g/mol. The van der Waals surface area contributed by atoms with Crippen molar-refractivity contribution in [2.24, 2.45) is 0 Å². The number of benzene rings is 1. The van der Waals surface area contributed by atoms with Gasteiger partial charge in [-0.3, -0.25) is 9.59 Å². The summed E-state index contributed by atoms with van der Waals surface area (Å²) in [7, 11) is 0. The van der Waals surface area contributed by atoms with Gasteiger partial charge in [-0.15, -0.1) is 0 Å². The maximum Gasteiger partial charge on any atom is 0.312 e. The van der Waals surface area contributed by atoms with Gasteiger partial charge in [-0.1, -0.05) is 23.4 Å². The maximum absolute atomic E-state index is 12.5. The smallest absolute Gasteiger partial charge is 0.312 e. The Morgan fingerprint density at radius 1 is 1.40 bits per heavy atom. The SMILES string of the molecule is Cc1cnoc1C(=O)N1CC(C(=O)O)c2ccccc21. The van der Waals surface area contributed by atoms with Crippen molar-refractivity contribution in [2.75, 3.05) is 11.4 Å². The van der Waals surface area contributed by atoms with Crippen LogP contribution in [0.5, 0.6) is 0 Å². The molecule has 6 heteroatoms. The van der Waals surface area contributed by atoms with E-state index >= 15 is 0 Å². The Balaban J connectivity index is 2.03. The van der Waals surface area contributed by atoms with Crippen molar-refractivity contribution < 1.29 is 19.2 Å². The summed E-state index contributed by atoms with van der Waals surface area (Å²) in [5.74, 6) is -1.87. The van der Waals surface area contributed by atoms with Crippen LogP contribution in [0.15, 0.2) is 35.0 Å². The zero-order valence-electron chi connectivity index (χ0n) is 10.7. The standard InChI is InChI=1S/C14H12N2O4/c1-8-6-15-20-12(8)13(17)16-7-10(14(18)19)9-4-2-3-5-11(9)16/h2-6,10H,7H2,1H3,(H,18,19). The number of aliphatic carboxylic acids is 1. The first-order valence-electron chi connectivity index (χ1n) is 6.14. The van der Waals surface area contributed by atoms with Gasteiger partial charge in [-0.05, 0) is 18.6 Å². The van der Waals surface area contributed by atoms with Crippen LogP contribution in [0.25, 0.3) is 0 Å². The number of para-hydroxylation sites is 1. The van der Waals surface area contributed by atoms with E-state index in [2.05, 4.69) is 5.16 Å². The number of carbonyl (C=O) groups is 2. The summed E-state index contributed by atoms with van der Waals surface area (Å²) in [5.41, 5.74) is 1.89. The predicted octanol–water partition coefficient (Wildman–Crippen LogP) is 1.81. The molecule has 1 aromatic heterocycles. The van der Waals surface area contributed by atoms with Crippen molar-refractivity contribution in [3.8, 4) is 0 Å². The summed E-state index contributed by atoms with van der Waals surface area (Å²) in [6, 6.07) is 7.01. The minimum Gasteiger partial charge on any atom is -0.481 e. The summed E-state index contributed by atoms with van der Waals surface area (Å²) in [6.07, 6.45) is 1.46. The van der Waals surface area contributed by atoms with Gasteiger partial charge in [0.05, 0.1) is 6.20 Å². The van der Waals surface area contributed by atoms with Crippen molar-refractivity contribution in [1.82, 2.24) is 5.16 Å². The molecule has 0 fully saturated rings. The van der Waals surface area contributed by atoms with Gasteiger partial charge in [0.25, 0.3) is 5.91 Å². The molecule has 1 aromatic carbocycles. The molecule has 1 atom stereocenters. The molecule has 0 aliphatic carbocycles. The molecule has 2 aromatic rings. The summed E-state index contributed by atoms with van der Waals surface area (Å²) in [5, 5.41) is 12.9.